The maximum Gasteiger partial charge on any atom is 0.303 e. The normalized spacial score (nSPS) is 60.8. The van der Waals surface area contributed by atoms with Crippen LogP contribution in [0.2, 0.25) is 0 Å². The minimum absolute atomic E-state index is 0.249. The maximum absolute atomic E-state index is 12.1. The number of rotatable bonds is 1. The summed E-state index contributed by atoms with van der Waals surface area (Å²) in [6.07, 6.45) is -0.889. The Balaban J connectivity index is 1.66. The van der Waals surface area contributed by atoms with E-state index in [1.54, 1.807) is 0 Å². The van der Waals surface area contributed by atoms with Crippen molar-refractivity contribution in [2.45, 2.75) is 82.9 Å². The van der Waals surface area contributed by atoms with Gasteiger partial charge in [-0.05, 0) is 30.3 Å². The Morgan fingerprint density at radius 3 is 2.66 bits per heavy atom. The Kier molecular flexibility index (Phi) is 3.28. The van der Waals surface area contributed by atoms with Crippen molar-refractivity contribution in [2.24, 2.45) is 34.0 Å². The van der Waals surface area contributed by atoms with Gasteiger partial charge in [0.2, 0.25) is 5.79 Å². The predicted molar refractivity (Wildman–Crippen MR) is 99.0 cm³/mol. The van der Waals surface area contributed by atoms with Gasteiger partial charge in [-0.25, -0.2) is 0 Å². The molecule has 4 saturated carbocycles. The lowest BCUT2D eigenvalue weighted by molar-refractivity contribution is -0.569. The SMILES string of the molecule is C=C1[C@@H](OC(C)=O)[C@@]23[C@@H]4OC5O[C@@]2(O)[C@@H](O)[C@@H]2C(C)(C)CCC[C@]52[C@H]3[C@@H](O)C[C@@H]14. The summed E-state index contributed by atoms with van der Waals surface area (Å²) in [5, 5.41) is 35.1. The van der Waals surface area contributed by atoms with Gasteiger partial charge in [0.1, 0.15) is 17.6 Å². The lowest BCUT2D eigenvalue weighted by atomic mass is 9.34. The number of carbonyl (C=O) groups excluding carboxylic acids is 1. The van der Waals surface area contributed by atoms with Crippen molar-refractivity contribution in [3.05, 3.63) is 12.2 Å². The van der Waals surface area contributed by atoms with Crippen LogP contribution in [0.25, 0.3) is 0 Å². The molecule has 7 bridgehead atoms. The fraction of sp³-hybridized carbons (Fsp3) is 0.864. The van der Waals surface area contributed by atoms with Crippen LogP contribution in [-0.2, 0) is 19.0 Å². The van der Waals surface area contributed by atoms with E-state index in [9.17, 15) is 20.1 Å². The minimum Gasteiger partial charge on any atom is -0.457 e. The van der Waals surface area contributed by atoms with Gasteiger partial charge in [-0.3, -0.25) is 4.79 Å². The molecule has 160 valence electrons. The highest BCUT2D eigenvalue weighted by molar-refractivity contribution is 5.67. The molecule has 11 atom stereocenters. The maximum atomic E-state index is 12.1. The molecule has 0 amide bonds. The summed E-state index contributed by atoms with van der Waals surface area (Å²) in [4.78, 5) is 12.0. The van der Waals surface area contributed by atoms with Gasteiger partial charge in [0.25, 0.3) is 0 Å². The Hall–Kier alpha value is -0.990. The highest BCUT2D eigenvalue weighted by Crippen LogP contribution is 2.82. The molecule has 1 unspecified atom stereocenters. The van der Waals surface area contributed by atoms with Crippen molar-refractivity contribution in [3.63, 3.8) is 0 Å². The first-order valence-corrected chi connectivity index (χ1v) is 10.8. The largest absolute Gasteiger partial charge is 0.457 e. The summed E-state index contributed by atoms with van der Waals surface area (Å²) in [6.45, 7) is 9.75. The van der Waals surface area contributed by atoms with Gasteiger partial charge in [0, 0.05) is 30.1 Å². The molecule has 0 radical (unpaired) electrons. The monoisotopic (exact) mass is 406 g/mol. The quantitative estimate of drug-likeness (QED) is 0.442. The molecule has 4 aliphatic carbocycles. The fourth-order valence-corrected chi connectivity index (χ4v) is 9.06. The molecule has 0 aromatic carbocycles. The standard InChI is InChI=1S/C22H30O7/c1-9-11-8-12(24)13-20-7-5-6-19(3,4)14(20)15(25)22(26)21(13,16(9)27-10(2)23)17(11)28-18(20)29-22/h11-18,24-26H,1,5-8H2,2-4H3/t11-,12-,13+,14+,15-,16+,17+,18?,20+,21-,22-/m0/s1. The second kappa shape index (κ2) is 5.07. The van der Waals surface area contributed by atoms with E-state index in [1.165, 1.54) is 6.92 Å². The molecular weight excluding hydrogens is 376 g/mol. The predicted octanol–water partition coefficient (Wildman–Crippen LogP) is 1.10. The molecule has 3 N–H and O–H groups in total. The third-order valence-corrected chi connectivity index (χ3v) is 9.53. The summed E-state index contributed by atoms with van der Waals surface area (Å²) in [5.74, 6) is -3.39. The second-order valence-corrected chi connectivity index (χ2v) is 11.0. The van der Waals surface area contributed by atoms with Crippen LogP contribution >= 0.6 is 0 Å². The Labute approximate surface area is 170 Å². The third kappa shape index (κ3) is 1.66. The molecule has 0 aromatic rings. The average molecular weight is 406 g/mol. The number of hydrogen-bond donors (Lipinski definition) is 3. The van der Waals surface area contributed by atoms with Crippen LogP contribution in [0, 0.1) is 34.0 Å². The molecule has 7 heteroatoms. The Morgan fingerprint density at radius 1 is 1.24 bits per heavy atom. The highest BCUT2D eigenvalue weighted by atomic mass is 16.8. The first kappa shape index (κ1) is 18.8. The van der Waals surface area contributed by atoms with Crippen molar-refractivity contribution < 1.29 is 34.3 Å². The van der Waals surface area contributed by atoms with E-state index in [1.807, 2.05) is 0 Å². The van der Waals surface area contributed by atoms with E-state index in [-0.39, 0.29) is 17.3 Å². The zero-order valence-corrected chi connectivity index (χ0v) is 17.1. The lowest BCUT2D eigenvalue weighted by Crippen LogP contribution is -2.91. The molecule has 4 aliphatic heterocycles. The molecule has 29 heavy (non-hydrogen) atoms. The van der Waals surface area contributed by atoms with E-state index in [0.29, 0.717) is 12.0 Å². The van der Waals surface area contributed by atoms with Crippen molar-refractivity contribution in [1.29, 1.82) is 0 Å². The molecular formula is C22H30O7. The average Bonchev–Trinajstić information content (AvgIpc) is 2.77. The molecule has 0 aromatic heterocycles. The number of esters is 1. The van der Waals surface area contributed by atoms with E-state index in [4.69, 9.17) is 14.2 Å². The molecule has 2 spiro atoms. The van der Waals surface area contributed by atoms with E-state index >= 15 is 0 Å². The van der Waals surface area contributed by atoms with Crippen molar-refractivity contribution in [1.82, 2.24) is 0 Å². The molecule has 7 nitrogen and oxygen atoms in total. The van der Waals surface area contributed by atoms with E-state index in [0.717, 1.165) is 19.3 Å². The molecule has 8 aliphatic rings. The topological polar surface area (TPSA) is 105 Å². The number of hydrogen-bond acceptors (Lipinski definition) is 7. The Morgan fingerprint density at radius 2 is 1.97 bits per heavy atom. The minimum atomic E-state index is -1.97. The lowest BCUT2D eigenvalue weighted by Gasteiger charge is -2.80. The molecule has 4 heterocycles. The fourth-order valence-electron chi connectivity index (χ4n) is 9.06. The first-order chi connectivity index (χ1) is 13.5. The second-order valence-electron chi connectivity index (χ2n) is 11.0. The molecule has 4 saturated heterocycles. The first-order valence-electron chi connectivity index (χ1n) is 10.8. The summed E-state index contributed by atoms with van der Waals surface area (Å²) < 4.78 is 18.4. The van der Waals surface area contributed by atoms with Gasteiger partial charge < -0.3 is 29.5 Å². The zero-order valence-electron chi connectivity index (χ0n) is 17.1. The summed E-state index contributed by atoms with van der Waals surface area (Å²) >= 11 is 0. The van der Waals surface area contributed by atoms with Crippen LogP contribution in [0.3, 0.4) is 0 Å². The van der Waals surface area contributed by atoms with Crippen LogP contribution in [0.4, 0.5) is 0 Å². The highest BCUT2D eigenvalue weighted by Gasteiger charge is 2.92. The van der Waals surface area contributed by atoms with Gasteiger partial charge in [0.15, 0.2) is 6.29 Å². The van der Waals surface area contributed by atoms with Crippen LogP contribution in [0.15, 0.2) is 12.2 Å². The van der Waals surface area contributed by atoms with Gasteiger partial charge in [0.05, 0.1) is 12.2 Å². The zero-order chi connectivity index (χ0) is 20.7. The van der Waals surface area contributed by atoms with Crippen molar-refractivity contribution >= 4 is 5.97 Å². The summed E-state index contributed by atoms with van der Waals surface area (Å²) in [7, 11) is 0. The van der Waals surface area contributed by atoms with Gasteiger partial charge in [-0.2, -0.15) is 0 Å². The Bertz CT molecular complexity index is 824. The number of aliphatic hydroxyl groups is 3. The molecule has 8 fully saturated rings. The smallest absolute Gasteiger partial charge is 0.303 e. The summed E-state index contributed by atoms with van der Waals surface area (Å²) in [5.41, 5.74) is -1.51. The number of ether oxygens (including phenoxy) is 3. The van der Waals surface area contributed by atoms with Crippen LogP contribution in [0.5, 0.6) is 0 Å². The van der Waals surface area contributed by atoms with E-state index in [2.05, 4.69) is 20.4 Å². The molecule has 8 rings (SSSR count). The van der Waals surface area contributed by atoms with Crippen molar-refractivity contribution in [3.8, 4) is 0 Å². The number of aliphatic hydroxyl groups excluding tert-OH is 2. The number of carbonyl (C=O) groups is 1. The van der Waals surface area contributed by atoms with Gasteiger partial charge in [-0.1, -0.05) is 26.8 Å². The van der Waals surface area contributed by atoms with Gasteiger partial charge in [-0.15, -0.1) is 0 Å². The van der Waals surface area contributed by atoms with Crippen LogP contribution in [0.1, 0.15) is 46.5 Å². The van der Waals surface area contributed by atoms with Crippen LogP contribution in [-0.4, -0.2) is 57.8 Å². The van der Waals surface area contributed by atoms with Crippen LogP contribution < -0.4 is 0 Å². The van der Waals surface area contributed by atoms with Crippen molar-refractivity contribution in [2.75, 3.05) is 0 Å². The van der Waals surface area contributed by atoms with Gasteiger partial charge >= 0.3 is 5.97 Å². The third-order valence-electron chi connectivity index (χ3n) is 9.53. The summed E-state index contributed by atoms with van der Waals surface area (Å²) in [6, 6.07) is 0. The van der Waals surface area contributed by atoms with E-state index < -0.39 is 59.2 Å².